The van der Waals surface area contributed by atoms with Crippen molar-refractivity contribution in [1.29, 1.82) is 0 Å². The van der Waals surface area contributed by atoms with E-state index in [0.717, 1.165) is 22.4 Å². The summed E-state index contributed by atoms with van der Waals surface area (Å²) >= 11 is 0. The predicted octanol–water partition coefficient (Wildman–Crippen LogP) is 3.43. The Labute approximate surface area is 169 Å². The van der Waals surface area contributed by atoms with Crippen molar-refractivity contribution in [2.45, 2.75) is 26.8 Å². The van der Waals surface area contributed by atoms with E-state index in [1.807, 2.05) is 69.3 Å². The molecular formula is C22H23N5O2. The minimum absolute atomic E-state index is 0.437. The molecule has 1 atom stereocenters. The highest BCUT2D eigenvalue weighted by molar-refractivity contribution is 5.95. The van der Waals surface area contributed by atoms with Crippen LogP contribution in [0.2, 0.25) is 0 Å². The second-order valence-corrected chi connectivity index (χ2v) is 7.01. The first-order valence-electron chi connectivity index (χ1n) is 9.52. The summed E-state index contributed by atoms with van der Waals surface area (Å²) in [6, 6.07) is 15.2. The fraction of sp³-hybridized carbons (Fsp3) is 0.227. The van der Waals surface area contributed by atoms with Crippen LogP contribution in [-0.2, 0) is 4.79 Å². The number of carbonyl (C=O) groups excluding carboxylic acids is 1. The molecule has 7 nitrogen and oxygen atoms in total. The summed E-state index contributed by atoms with van der Waals surface area (Å²) < 4.78 is 7.23. The number of nitrogens with one attached hydrogen (secondary N) is 1. The zero-order chi connectivity index (χ0) is 20.5. The molecule has 1 amide bonds. The number of aryl methyl sites for hydroxylation is 1. The number of amides is 1. The molecule has 0 spiro atoms. The van der Waals surface area contributed by atoms with E-state index in [2.05, 4.69) is 10.3 Å². The molecule has 0 saturated heterocycles. The van der Waals surface area contributed by atoms with Gasteiger partial charge in [0, 0.05) is 11.3 Å². The number of carbonyl (C=O) groups is 1. The molecule has 148 valence electrons. The first-order chi connectivity index (χ1) is 14.0. The van der Waals surface area contributed by atoms with Crippen LogP contribution < -0.4 is 15.8 Å². The van der Waals surface area contributed by atoms with Gasteiger partial charge in [0.05, 0.1) is 12.2 Å². The van der Waals surface area contributed by atoms with Gasteiger partial charge in [0.25, 0.3) is 0 Å². The number of fused-ring (bicyclic) bond motifs is 1. The van der Waals surface area contributed by atoms with Gasteiger partial charge in [0.1, 0.15) is 11.8 Å². The maximum Gasteiger partial charge on any atom is 0.248 e. The third-order valence-corrected chi connectivity index (χ3v) is 4.90. The summed E-state index contributed by atoms with van der Waals surface area (Å²) in [4.78, 5) is 16.9. The fourth-order valence-electron chi connectivity index (χ4n) is 3.61. The average molecular weight is 389 g/mol. The molecule has 3 N–H and O–H groups in total. The SMILES string of the molecule is CCOc1ccc(-c2nc3n(n2)C(c2cccc(C)c2)C(C(N)=O)=C(C)N3)cc1. The Balaban J connectivity index is 1.81. The number of aromatic nitrogens is 3. The number of nitrogens with two attached hydrogens (primary N) is 1. The third-order valence-electron chi connectivity index (χ3n) is 4.90. The largest absolute Gasteiger partial charge is 0.494 e. The van der Waals surface area contributed by atoms with Gasteiger partial charge in [-0.2, -0.15) is 4.98 Å². The number of benzene rings is 2. The lowest BCUT2D eigenvalue weighted by atomic mass is 9.94. The molecule has 7 heteroatoms. The van der Waals surface area contributed by atoms with Crippen molar-refractivity contribution >= 4 is 11.9 Å². The van der Waals surface area contributed by atoms with Crippen LogP contribution in [0.5, 0.6) is 5.75 Å². The van der Waals surface area contributed by atoms with Crippen LogP contribution >= 0.6 is 0 Å². The standard InChI is InChI=1S/C22H23N5O2/c1-4-29-17-10-8-15(9-11-17)21-25-22-24-14(3)18(20(23)28)19(27(22)26-21)16-7-5-6-13(2)12-16/h5-12,19H,4H2,1-3H3,(H2,23,28)(H,24,25,26). The maximum absolute atomic E-state index is 12.3. The minimum Gasteiger partial charge on any atom is -0.494 e. The molecule has 4 rings (SSSR count). The Kier molecular flexibility index (Phi) is 4.80. The van der Waals surface area contributed by atoms with E-state index < -0.39 is 11.9 Å². The van der Waals surface area contributed by atoms with Crippen molar-refractivity contribution in [2.75, 3.05) is 11.9 Å². The number of hydrogen-bond donors (Lipinski definition) is 2. The van der Waals surface area contributed by atoms with Gasteiger partial charge in [-0.15, -0.1) is 5.10 Å². The van der Waals surface area contributed by atoms with Gasteiger partial charge in [-0.25, -0.2) is 4.68 Å². The molecule has 1 unspecified atom stereocenters. The molecule has 29 heavy (non-hydrogen) atoms. The number of ether oxygens (including phenoxy) is 1. The van der Waals surface area contributed by atoms with Crippen LogP contribution in [0, 0.1) is 6.92 Å². The molecule has 0 aliphatic carbocycles. The Bertz CT molecular complexity index is 1100. The van der Waals surface area contributed by atoms with Crippen LogP contribution in [0.25, 0.3) is 11.4 Å². The highest BCUT2D eigenvalue weighted by atomic mass is 16.5. The van der Waals surface area contributed by atoms with Gasteiger partial charge in [0.2, 0.25) is 11.9 Å². The second kappa shape index (κ2) is 7.43. The summed E-state index contributed by atoms with van der Waals surface area (Å²) in [6.45, 7) is 6.40. The summed E-state index contributed by atoms with van der Waals surface area (Å²) in [5.41, 5.74) is 9.78. The van der Waals surface area contributed by atoms with Gasteiger partial charge in [-0.3, -0.25) is 4.79 Å². The van der Waals surface area contributed by atoms with Crippen LogP contribution in [0.4, 0.5) is 5.95 Å². The van der Waals surface area contributed by atoms with E-state index >= 15 is 0 Å². The van der Waals surface area contributed by atoms with E-state index in [0.29, 0.717) is 29.6 Å². The number of allylic oxidation sites excluding steroid dienone is 1. The van der Waals surface area contributed by atoms with E-state index in [9.17, 15) is 4.79 Å². The van der Waals surface area contributed by atoms with Gasteiger partial charge < -0.3 is 15.8 Å². The molecular weight excluding hydrogens is 366 g/mol. The number of rotatable bonds is 5. The van der Waals surface area contributed by atoms with E-state index in [-0.39, 0.29) is 0 Å². The van der Waals surface area contributed by atoms with Crippen LogP contribution in [0.3, 0.4) is 0 Å². The quantitative estimate of drug-likeness (QED) is 0.697. The Morgan fingerprint density at radius 2 is 1.97 bits per heavy atom. The van der Waals surface area contributed by atoms with E-state index in [1.165, 1.54) is 0 Å². The lowest BCUT2D eigenvalue weighted by Crippen LogP contribution is -2.31. The topological polar surface area (TPSA) is 95.1 Å². The lowest BCUT2D eigenvalue weighted by Gasteiger charge is -2.27. The summed E-state index contributed by atoms with van der Waals surface area (Å²) in [6.07, 6.45) is 0. The fourth-order valence-corrected chi connectivity index (χ4v) is 3.61. The minimum atomic E-state index is -0.481. The molecule has 0 bridgehead atoms. The van der Waals surface area contributed by atoms with Crippen molar-refractivity contribution in [3.05, 3.63) is 70.9 Å². The normalized spacial score (nSPS) is 15.6. The summed E-state index contributed by atoms with van der Waals surface area (Å²) in [5.74, 6) is 1.45. The van der Waals surface area contributed by atoms with Crippen LogP contribution in [-0.4, -0.2) is 27.3 Å². The van der Waals surface area contributed by atoms with Crippen molar-refractivity contribution < 1.29 is 9.53 Å². The van der Waals surface area contributed by atoms with Crippen molar-refractivity contribution in [1.82, 2.24) is 14.8 Å². The zero-order valence-electron chi connectivity index (χ0n) is 16.6. The van der Waals surface area contributed by atoms with Gasteiger partial charge in [-0.1, -0.05) is 29.8 Å². The molecule has 1 aromatic heterocycles. The molecule has 2 heterocycles. The first-order valence-corrected chi connectivity index (χ1v) is 9.52. The van der Waals surface area contributed by atoms with Crippen LogP contribution in [0.15, 0.2) is 59.8 Å². The monoisotopic (exact) mass is 389 g/mol. The van der Waals surface area contributed by atoms with Gasteiger partial charge in [0.15, 0.2) is 5.82 Å². The highest BCUT2D eigenvalue weighted by Crippen LogP contribution is 2.36. The predicted molar refractivity (Wildman–Crippen MR) is 111 cm³/mol. The van der Waals surface area contributed by atoms with Crippen molar-refractivity contribution in [3.8, 4) is 17.1 Å². The zero-order valence-corrected chi connectivity index (χ0v) is 16.6. The molecule has 0 saturated carbocycles. The average Bonchev–Trinajstić information content (AvgIpc) is 3.11. The molecule has 1 aliphatic rings. The third kappa shape index (κ3) is 3.47. The van der Waals surface area contributed by atoms with Gasteiger partial charge in [-0.05, 0) is 50.6 Å². The second-order valence-electron chi connectivity index (χ2n) is 7.01. The molecule has 0 fully saturated rings. The van der Waals surface area contributed by atoms with E-state index in [4.69, 9.17) is 15.6 Å². The maximum atomic E-state index is 12.3. The van der Waals surface area contributed by atoms with Crippen molar-refractivity contribution in [2.24, 2.45) is 5.73 Å². The Morgan fingerprint density at radius 3 is 2.62 bits per heavy atom. The molecule has 3 aromatic rings. The Hall–Kier alpha value is -3.61. The van der Waals surface area contributed by atoms with Gasteiger partial charge >= 0.3 is 0 Å². The molecule has 2 aromatic carbocycles. The molecule has 1 aliphatic heterocycles. The first kappa shape index (κ1) is 18.7. The highest BCUT2D eigenvalue weighted by Gasteiger charge is 2.33. The number of hydrogen-bond acceptors (Lipinski definition) is 5. The summed E-state index contributed by atoms with van der Waals surface area (Å²) in [7, 11) is 0. The number of nitrogens with zero attached hydrogens (tertiary/aromatic N) is 3. The van der Waals surface area contributed by atoms with Crippen LogP contribution in [0.1, 0.15) is 31.0 Å². The smallest absolute Gasteiger partial charge is 0.248 e. The summed E-state index contributed by atoms with van der Waals surface area (Å²) in [5, 5.41) is 7.88. The number of anilines is 1. The van der Waals surface area contributed by atoms with Crippen molar-refractivity contribution in [3.63, 3.8) is 0 Å². The number of primary amides is 1. The lowest BCUT2D eigenvalue weighted by molar-refractivity contribution is -0.115. The Morgan fingerprint density at radius 1 is 1.21 bits per heavy atom. The van der Waals surface area contributed by atoms with E-state index in [1.54, 1.807) is 4.68 Å². The molecule has 0 radical (unpaired) electrons.